The van der Waals surface area contributed by atoms with Gasteiger partial charge in [0.1, 0.15) is 18.9 Å². The Kier molecular flexibility index (Phi) is 6.85. The summed E-state index contributed by atoms with van der Waals surface area (Å²) in [6.07, 6.45) is 0.803. The zero-order valence-corrected chi connectivity index (χ0v) is 12.6. The van der Waals surface area contributed by atoms with Gasteiger partial charge in [0.25, 0.3) is 0 Å². The number of nitrogens with zero attached hydrogens (tertiary/aromatic N) is 2. The third-order valence-electron chi connectivity index (χ3n) is 2.34. The number of carboxylic acid groups (broad SMARTS) is 1. The van der Waals surface area contributed by atoms with Crippen molar-refractivity contribution in [1.82, 2.24) is 4.90 Å². The van der Waals surface area contributed by atoms with Gasteiger partial charge in [-0.15, -0.1) is 0 Å². The molecular weight excluding hydrogens is 312 g/mol. The topological polar surface area (TPSA) is 67.5 Å². The molecule has 0 radical (unpaired) electrons. The zero-order valence-electron chi connectivity index (χ0n) is 11.0. The molecule has 1 N–H and O–H groups in total. The zero-order chi connectivity index (χ0) is 13.7. The molecule has 1 amide bonds. The number of rotatable bonds is 0. The van der Waals surface area contributed by atoms with Gasteiger partial charge in [0.05, 0.1) is 6.07 Å². The van der Waals surface area contributed by atoms with Gasteiger partial charge in [0.2, 0.25) is 5.52 Å². The normalized spacial score (nSPS) is 9.00. The molecule has 2 aromatic rings. The Hall–Kier alpha value is -1.82. The number of aromatic hydroxyl groups is 1. The summed E-state index contributed by atoms with van der Waals surface area (Å²) in [6, 6.07) is 9.37. The number of pyridine rings is 1. The first-order chi connectivity index (χ1) is 8.41. The molecule has 0 unspecified atom stereocenters. The molecule has 0 bridgehead atoms. The molecule has 0 atom stereocenters. The third-order valence-corrected chi connectivity index (χ3v) is 2.34. The fourth-order valence-electron chi connectivity index (χ4n) is 1.33. The molecule has 19 heavy (non-hydrogen) atoms. The first-order valence-corrected chi connectivity index (χ1v) is 5.37. The molecule has 1 heterocycles. The fraction of sp³-hybridized carbons (Fsp3) is 0.231. The van der Waals surface area contributed by atoms with Crippen LogP contribution in [-0.4, -0.2) is 30.2 Å². The van der Waals surface area contributed by atoms with Gasteiger partial charge in [-0.25, -0.2) is 4.57 Å². The van der Waals surface area contributed by atoms with E-state index in [-0.39, 0.29) is 17.0 Å². The molecule has 5 nitrogen and oxygen atoms in total. The summed E-state index contributed by atoms with van der Waals surface area (Å²) in [7, 11) is 4.78. The number of carbonyl (C=O) groups excluding carboxylic acids is 1. The maximum atomic E-state index is 9.51. The number of amides is 1. The van der Waals surface area contributed by atoms with Gasteiger partial charge < -0.3 is 36.9 Å². The van der Waals surface area contributed by atoms with E-state index in [1.165, 1.54) is 14.1 Å². The largest absolute Gasteiger partial charge is 1.00 e. The quantitative estimate of drug-likeness (QED) is 0.534. The van der Waals surface area contributed by atoms with Gasteiger partial charge in [0.15, 0.2) is 6.20 Å². The molecule has 6 heteroatoms. The number of hydrogen-bond donors (Lipinski definition) is 1. The van der Waals surface area contributed by atoms with Gasteiger partial charge >= 0.3 is 0 Å². The van der Waals surface area contributed by atoms with E-state index in [9.17, 15) is 15.0 Å². The van der Waals surface area contributed by atoms with Crippen LogP contribution in [-0.2, 0) is 7.05 Å². The number of aromatic nitrogens is 1. The Labute approximate surface area is 122 Å². The Morgan fingerprint density at radius 3 is 2.42 bits per heavy atom. The molecule has 0 spiro atoms. The summed E-state index contributed by atoms with van der Waals surface area (Å²) >= 11 is 0. The average Bonchev–Trinajstić information content (AvgIpc) is 2.31. The molecule has 0 aliphatic rings. The van der Waals surface area contributed by atoms with Crippen molar-refractivity contribution in [3.63, 3.8) is 0 Å². The minimum atomic E-state index is -1.16. The number of carbonyl (C=O) groups is 1. The number of fused-ring (bicyclic) bond motifs is 1. The third kappa shape index (κ3) is 5.13. The predicted molar refractivity (Wildman–Crippen MR) is 65.9 cm³/mol. The number of halogens is 1. The second-order valence-corrected chi connectivity index (χ2v) is 4.02. The van der Waals surface area contributed by atoms with Crippen LogP contribution in [0.1, 0.15) is 0 Å². The molecule has 0 fully saturated rings. The van der Waals surface area contributed by atoms with Crippen LogP contribution in [0.3, 0.4) is 0 Å². The molecular formula is C13H16BrN2O3-. The van der Waals surface area contributed by atoms with Crippen molar-refractivity contribution in [1.29, 1.82) is 0 Å². The highest BCUT2D eigenvalue weighted by Crippen LogP contribution is 2.15. The van der Waals surface area contributed by atoms with E-state index < -0.39 is 6.09 Å². The lowest BCUT2D eigenvalue weighted by Crippen LogP contribution is -3.00. The van der Waals surface area contributed by atoms with Crippen molar-refractivity contribution in [3.8, 4) is 5.75 Å². The first kappa shape index (κ1) is 17.2. The number of aryl methyl sites for hydroxylation is 1. The highest BCUT2D eigenvalue weighted by atomic mass is 79.9. The molecule has 104 valence electrons. The molecule has 0 saturated carbocycles. The summed E-state index contributed by atoms with van der Waals surface area (Å²) in [5.41, 5.74) is 1.04. The fourth-order valence-corrected chi connectivity index (χ4v) is 1.33. The van der Waals surface area contributed by atoms with Gasteiger partial charge in [0, 0.05) is 25.5 Å². The maximum Gasteiger partial charge on any atom is 0.215 e. The van der Waals surface area contributed by atoms with Crippen molar-refractivity contribution in [3.05, 3.63) is 36.5 Å². The Morgan fingerprint density at radius 1 is 1.32 bits per heavy atom. The summed E-state index contributed by atoms with van der Waals surface area (Å²) in [5.74, 6) is 0.310. The van der Waals surface area contributed by atoms with Crippen LogP contribution >= 0.6 is 0 Å². The SMILES string of the molecule is CN(C)C(=O)[O-].C[n+]1cccc2ccc(O)cc21.[Br-]. The standard InChI is InChI=1S/C10H9NO.C3H7NO2.BrH/c1-11-6-2-3-8-4-5-9(12)7-10(8)11;1-4(2)3(5)6;/h2-7H,1H3;1-2H3,(H,5,6);1H/p-1. The number of phenols is 1. The summed E-state index contributed by atoms with van der Waals surface area (Å²) in [4.78, 5) is 10.5. The van der Waals surface area contributed by atoms with Crippen molar-refractivity contribution >= 4 is 17.0 Å². The van der Waals surface area contributed by atoms with Gasteiger partial charge in [-0.1, -0.05) is 0 Å². The Morgan fingerprint density at radius 2 is 1.89 bits per heavy atom. The Bertz CT molecular complexity index is 559. The molecule has 1 aromatic heterocycles. The van der Waals surface area contributed by atoms with Crippen LogP contribution in [0, 0.1) is 0 Å². The van der Waals surface area contributed by atoms with Gasteiger partial charge in [-0.2, -0.15) is 0 Å². The second-order valence-electron chi connectivity index (χ2n) is 4.02. The number of hydrogen-bond acceptors (Lipinski definition) is 3. The lowest BCUT2D eigenvalue weighted by Gasteiger charge is -2.10. The van der Waals surface area contributed by atoms with Crippen LogP contribution < -0.4 is 26.7 Å². The minimum Gasteiger partial charge on any atom is -1.00 e. The first-order valence-electron chi connectivity index (χ1n) is 5.37. The molecule has 0 saturated heterocycles. The lowest BCUT2D eigenvalue weighted by molar-refractivity contribution is -0.644. The van der Waals surface area contributed by atoms with E-state index >= 15 is 0 Å². The molecule has 1 aromatic carbocycles. The smallest absolute Gasteiger partial charge is 0.215 e. The maximum absolute atomic E-state index is 9.51. The van der Waals surface area contributed by atoms with E-state index in [0.29, 0.717) is 5.75 Å². The van der Waals surface area contributed by atoms with Crippen molar-refractivity contribution in [2.24, 2.45) is 7.05 Å². The van der Waals surface area contributed by atoms with Crippen LogP contribution in [0.15, 0.2) is 36.5 Å². The predicted octanol–water partition coefficient (Wildman–Crippen LogP) is -2.73. The van der Waals surface area contributed by atoms with Crippen LogP contribution in [0.5, 0.6) is 5.75 Å². The van der Waals surface area contributed by atoms with Crippen LogP contribution in [0.25, 0.3) is 10.9 Å². The molecule has 0 aliphatic heterocycles. The monoisotopic (exact) mass is 327 g/mol. The van der Waals surface area contributed by atoms with E-state index in [4.69, 9.17) is 0 Å². The van der Waals surface area contributed by atoms with E-state index in [1.807, 2.05) is 36.0 Å². The summed E-state index contributed by atoms with van der Waals surface area (Å²) < 4.78 is 1.98. The average molecular weight is 328 g/mol. The Balaban J connectivity index is 0.000000404. The van der Waals surface area contributed by atoms with Gasteiger partial charge in [-0.05, 0) is 18.2 Å². The van der Waals surface area contributed by atoms with Crippen molar-refractivity contribution < 1.29 is 36.6 Å². The van der Waals surface area contributed by atoms with Crippen LogP contribution in [0.4, 0.5) is 4.79 Å². The number of phenolic OH excluding ortho intramolecular Hbond substituents is 1. The molecule has 0 aliphatic carbocycles. The van der Waals surface area contributed by atoms with E-state index in [0.717, 1.165) is 15.8 Å². The summed E-state index contributed by atoms with van der Waals surface area (Å²) in [6.45, 7) is 0. The van der Waals surface area contributed by atoms with E-state index in [1.54, 1.807) is 12.1 Å². The van der Waals surface area contributed by atoms with Crippen molar-refractivity contribution in [2.45, 2.75) is 0 Å². The highest BCUT2D eigenvalue weighted by Gasteiger charge is 2.03. The van der Waals surface area contributed by atoms with Crippen LogP contribution in [0.2, 0.25) is 0 Å². The number of benzene rings is 1. The second kappa shape index (κ2) is 7.58. The minimum absolute atomic E-state index is 0. The highest BCUT2D eigenvalue weighted by molar-refractivity contribution is 5.76. The summed E-state index contributed by atoms with van der Waals surface area (Å²) in [5, 5.41) is 19.9. The molecule has 2 rings (SSSR count). The van der Waals surface area contributed by atoms with Gasteiger partial charge in [-0.3, -0.25) is 0 Å². The van der Waals surface area contributed by atoms with Crippen molar-refractivity contribution in [2.75, 3.05) is 14.1 Å². The lowest BCUT2D eigenvalue weighted by atomic mass is 10.2. The van der Waals surface area contributed by atoms with E-state index in [2.05, 4.69) is 0 Å².